The molecule has 7 nitrogen and oxygen atoms in total. The van der Waals surface area contributed by atoms with Crippen LogP contribution in [0.4, 0.5) is 4.79 Å². The van der Waals surface area contributed by atoms with Crippen molar-refractivity contribution >= 4 is 24.0 Å². The van der Waals surface area contributed by atoms with Crippen molar-refractivity contribution in [3.8, 4) is 0 Å². The van der Waals surface area contributed by atoms with Gasteiger partial charge in [-0.15, -0.1) is 0 Å². The van der Waals surface area contributed by atoms with E-state index in [9.17, 15) is 19.5 Å². The number of ether oxygens (including phenoxy) is 1. The van der Waals surface area contributed by atoms with Crippen LogP contribution in [0.1, 0.15) is 11.1 Å². The number of nitrogens with one attached hydrogen (secondary N) is 2. The molecular formula is C19H18N2O5. The van der Waals surface area contributed by atoms with Gasteiger partial charge in [0.05, 0.1) is 0 Å². The molecule has 26 heavy (non-hydrogen) atoms. The summed E-state index contributed by atoms with van der Waals surface area (Å²) in [5, 5.41) is 13.7. The van der Waals surface area contributed by atoms with Gasteiger partial charge in [0.25, 0.3) is 0 Å². The first kappa shape index (κ1) is 18.7. The lowest BCUT2D eigenvalue weighted by atomic mass is 10.2. The number of rotatable bonds is 7. The molecule has 0 aliphatic heterocycles. The molecule has 0 fully saturated rings. The Labute approximate surface area is 150 Å². The molecule has 0 saturated heterocycles. The first-order valence-corrected chi connectivity index (χ1v) is 7.79. The van der Waals surface area contributed by atoms with Crippen LogP contribution in [0.25, 0.3) is 6.08 Å². The van der Waals surface area contributed by atoms with E-state index in [-0.39, 0.29) is 12.3 Å². The normalized spacial score (nSPS) is 10.7. The van der Waals surface area contributed by atoms with Gasteiger partial charge in [0, 0.05) is 0 Å². The van der Waals surface area contributed by atoms with E-state index in [0.29, 0.717) is 5.56 Å². The summed E-state index contributed by atoms with van der Waals surface area (Å²) < 4.78 is 4.97. The van der Waals surface area contributed by atoms with Crippen LogP contribution >= 0.6 is 0 Å². The Hall–Kier alpha value is -3.61. The molecule has 134 valence electrons. The summed E-state index contributed by atoms with van der Waals surface area (Å²) in [4.78, 5) is 34.7. The molecule has 0 atom stereocenters. The topological polar surface area (TPSA) is 105 Å². The molecular weight excluding hydrogens is 336 g/mol. The van der Waals surface area contributed by atoms with E-state index in [1.54, 1.807) is 42.5 Å². The third kappa shape index (κ3) is 6.48. The largest absolute Gasteiger partial charge is 0.477 e. The molecule has 0 aliphatic rings. The maximum absolute atomic E-state index is 11.8. The monoisotopic (exact) mass is 354 g/mol. The molecule has 0 bridgehead atoms. The predicted molar refractivity (Wildman–Crippen MR) is 94.8 cm³/mol. The standard InChI is InChI=1S/C19H18N2O5/c22-17(12-20-19(25)26-13-15-9-5-2-6-10-15)21-16(18(23)24)11-14-7-3-1-4-8-14/h1-11H,12-13H2,(H,20,25)(H,21,22)(H,23,24). The summed E-state index contributed by atoms with van der Waals surface area (Å²) in [7, 11) is 0. The maximum Gasteiger partial charge on any atom is 0.407 e. The third-order valence-electron chi connectivity index (χ3n) is 3.22. The minimum atomic E-state index is -1.28. The Kier molecular flexibility index (Phi) is 6.93. The van der Waals surface area contributed by atoms with Gasteiger partial charge in [-0.25, -0.2) is 9.59 Å². The van der Waals surface area contributed by atoms with E-state index in [2.05, 4.69) is 10.6 Å². The second kappa shape index (κ2) is 9.63. The van der Waals surface area contributed by atoms with Crippen molar-refractivity contribution in [2.45, 2.75) is 6.61 Å². The minimum Gasteiger partial charge on any atom is -0.477 e. The van der Waals surface area contributed by atoms with E-state index in [1.165, 1.54) is 6.08 Å². The minimum absolute atomic E-state index is 0.0720. The second-order valence-electron chi connectivity index (χ2n) is 5.24. The predicted octanol–water partition coefficient (Wildman–Crippen LogP) is 2.15. The molecule has 0 unspecified atom stereocenters. The highest BCUT2D eigenvalue weighted by molar-refractivity contribution is 5.97. The number of alkyl carbamates (subject to hydrolysis) is 1. The van der Waals surface area contributed by atoms with Crippen molar-refractivity contribution < 1.29 is 24.2 Å². The molecule has 2 aromatic carbocycles. The SMILES string of the molecule is O=C(CNC(=O)OCc1ccccc1)NC(=Cc1ccccc1)C(=O)O. The van der Waals surface area contributed by atoms with Crippen LogP contribution in [0, 0.1) is 0 Å². The Balaban J connectivity index is 1.81. The molecule has 0 spiro atoms. The van der Waals surface area contributed by atoms with Crippen LogP contribution < -0.4 is 10.6 Å². The summed E-state index contributed by atoms with van der Waals surface area (Å²) in [6.45, 7) is -0.338. The van der Waals surface area contributed by atoms with Crippen LogP contribution in [0.15, 0.2) is 66.4 Å². The zero-order valence-corrected chi connectivity index (χ0v) is 13.8. The lowest BCUT2D eigenvalue weighted by Gasteiger charge is -2.08. The highest BCUT2D eigenvalue weighted by Crippen LogP contribution is 2.05. The Bertz CT molecular complexity index is 788. The van der Waals surface area contributed by atoms with E-state index in [1.807, 2.05) is 18.2 Å². The first-order chi connectivity index (χ1) is 12.5. The third-order valence-corrected chi connectivity index (χ3v) is 3.22. The van der Waals surface area contributed by atoms with Crippen molar-refractivity contribution in [1.29, 1.82) is 0 Å². The van der Waals surface area contributed by atoms with Crippen LogP contribution in [0.3, 0.4) is 0 Å². The van der Waals surface area contributed by atoms with Crippen molar-refractivity contribution in [3.63, 3.8) is 0 Å². The molecule has 2 amide bonds. The molecule has 0 heterocycles. The summed E-state index contributed by atoms with van der Waals surface area (Å²) >= 11 is 0. The Morgan fingerprint density at radius 1 is 0.962 bits per heavy atom. The number of benzene rings is 2. The number of carboxylic acids is 1. The summed E-state index contributed by atoms with van der Waals surface area (Å²) in [6.07, 6.45) is 0.557. The fraction of sp³-hybridized carbons (Fsp3) is 0.105. The fourth-order valence-electron chi connectivity index (χ4n) is 1.99. The molecule has 2 aromatic rings. The average Bonchev–Trinajstić information content (AvgIpc) is 2.66. The highest BCUT2D eigenvalue weighted by Gasteiger charge is 2.13. The number of amides is 2. The van der Waals surface area contributed by atoms with Crippen LogP contribution in [-0.2, 0) is 20.9 Å². The number of hydrogen-bond acceptors (Lipinski definition) is 4. The molecule has 0 aliphatic carbocycles. The number of carbonyl (C=O) groups is 3. The van der Waals surface area contributed by atoms with E-state index >= 15 is 0 Å². The summed E-state index contributed by atoms with van der Waals surface area (Å²) in [5.74, 6) is -1.96. The van der Waals surface area contributed by atoms with Gasteiger partial charge in [0.2, 0.25) is 5.91 Å². The van der Waals surface area contributed by atoms with E-state index in [4.69, 9.17) is 4.74 Å². The van der Waals surface area contributed by atoms with Gasteiger partial charge in [-0.3, -0.25) is 4.79 Å². The molecule has 0 aromatic heterocycles. The van der Waals surface area contributed by atoms with E-state index < -0.39 is 24.5 Å². The molecule has 7 heteroatoms. The molecule has 0 radical (unpaired) electrons. The van der Waals surface area contributed by atoms with Crippen molar-refractivity contribution in [2.24, 2.45) is 0 Å². The first-order valence-electron chi connectivity index (χ1n) is 7.79. The molecule has 0 saturated carbocycles. The number of carboxylic acid groups (broad SMARTS) is 1. The smallest absolute Gasteiger partial charge is 0.407 e. The number of aliphatic carboxylic acids is 1. The fourth-order valence-corrected chi connectivity index (χ4v) is 1.99. The van der Waals surface area contributed by atoms with Gasteiger partial charge in [-0.2, -0.15) is 0 Å². The number of carbonyl (C=O) groups excluding carboxylic acids is 2. The summed E-state index contributed by atoms with van der Waals surface area (Å²) in [6, 6.07) is 17.8. The van der Waals surface area contributed by atoms with E-state index in [0.717, 1.165) is 5.56 Å². The second-order valence-corrected chi connectivity index (χ2v) is 5.24. The van der Waals surface area contributed by atoms with Gasteiger partial charge in [-0.1, -0.05) is 60.7 Å². The number of hydrogen-bond donors (Lipinski definition) is 3. The quantitative estimate of drug-likeness (QED) is 0.661. The van der Waals surface area contributed by atoms with Crippen LogP contribution in [-0.4, -0.2) is 29.6 Å². The zero-order valence-electron chi connectivity index (χ0n) is 13.8. The summed E-state index contributed by atoms with van der Waals surface area (Å²) in [5.41, 5.74) is 1.15. The van der Waals surface area contributed by atoms with Gasteiger partial charge in [0.1, 0.15) is 18.8 Å². The Morgan fingerprint density at radius 2 is 1.58 bits per heavy atom. The average molecular weight is 354 g/mol. The van der Waals surface area contributed by atoms with Crippen molar-refractivity contribution in [1.82, 2.24) is 10.6 Å². The molecule has 2 rings (SSSR count). The van der Waals surface area contributed by atoms with Crippen LogP contribution in [0.2, 0.25) is 0 Å². The van der Waals surface area contributed by atoms with Gasteiger partial charge < -0.3 is 20.5 Å². The molecule has 3 N–H and O–H groups in total. The van der Waals surface area contributed by atoms with Gasteiger partial charge in [-0.05, 0) is 17.2 Å². The van der Waals surface area contributed by atoms with Crippen LogP contribution in [0.5, 0.6) is 0 Å². The highest BCUT2D eigenvalue weighted by atomic mass is 16.5. The lowest BCUT2D eigenvalue weighted by Crippen LogP contribution is -2.38. The van der Waals surface area contributed by atoms with Gasteiger partial charge in [0.15, 0.2) is 0 Å². The lowest BCUT2D eigenvalue weighted by molar-refractivity contribution is -0.134. The van der Waals surface area contributed by atoms with Gasteiger partial charge >= 0.3 is 12.1 Å². The Morgan fingerprint density at radius 3 is 2.19 bits per heavy atom. The maximum atomic E-state index is 11.8. The van der Waals surface area contributed by atoms with Crippen molar-refractivity contribution in [2.75, 3.05) is 6.54 Å². The zero-order chi connectivity index (χ0) is 18.8. The van der Waals surface area contributed by atoms with Crippen molar-refractivity contribution in [3.05, 3.63) is 77.5 Å².